The maximum absolute atomic E-state index is 10.1. The number of carbonyl (C=O) groups is 1. The van der Waals surface area contributed by atoms with Gasteiger partial charge in [-0.3, -0.25) is 4.79 Å². The van der Waals surface area contributed by atoms with Crippen molar-refractivity contribution < 1.29 is 4.79 Å². The Hall–Kier alpha value is -0.530. The maximum Gasteiger partial charge on any atom is 0.217 e. The van der Waals surface area contributed by atoms with Gasteiger partial charge in [0, 0.05) is 13.0 Å². The molecule has 0 fully saturated rings. The fourth-order valence-corrected chi connectivity index (χ4v) is 0.347. The Balaban J connectivity index is 3.13. The Morgan fingerprint density at radius 1 is 1.86 bits per heavy atom. The minimum Gasteiger partial charge on any atom is -0.354 e. The molecule has 0 aromatic carbocycles. The zero-order chi connectivity index (χ0) is 5.86. The van der Waals surface area contributed by atoms with Crippen molar-refractivity contribution in [2.45, 2.75) is 19.9 Å². The molecule has 1 unspecified atom stereocenters. The van der Waals surface area contributed by atoms with Gasteiger partial charge in [-0.1, -0.05) is 0 Å². The summed E-state index contributed by atoms with van der Waals surface area (Å²) in [7, 11) is 0. The van der Waals surface area contributed by atoms with Crippen molar-refractivity contribution in [3.05, 3.63) is 6.92 Å². The second-order valence-corrected chi connectivity index (χ2v) is 1.60. The lowest BCUT2D eigenvalue weighted by molar-refractivity contribution is -0.119. The van der Waals surface area contributed by atoms with Crippen LogP contribution in [0.5, 0.6) is 0 Å². The van der Waals surface area contributed by atoms with Crippen LogP contribution in [-0.2, 0) is 4.79 Å². The highest BCUT2D eigenvalue weighted by Crippen LogP contribution is 1.72. The summed E-state index contributed by atoms with van der Waals surface area (Å²) in [5.74, 6) is -0.0255. The van der Waals surface area contributed by atoms with E-state index in [0.717, 1.165) is 0 Å². The standard InChI is InChI=1S/C5H10NO/c1-4(2)6-5(3)7/h4H,1H2,2-3H3,(H,6,7). The molecule has 0 saturated carbocycles. The average molecular weight is 100 g/mol. The lowest BCUT2D eigenvalue weighted by Gasteiger charge is -2.01. The molecule has 41 valence electrons. The second-order valence-electron chi connectivity index (χ2n) is 1.60. The minimum atomic E-state index is -0.0255. The quantitative estimate of drug-likeness (QED) is 0.506. The van der Waals surface area contributed by atoms with E-state index >= 15 is 0 Å². The van der Waals surface area contributed by atoms with Crippen LogP contribution in [-0.4, -0.2) is 11.9 Å². The molecule has 0 aromatic rings. The molecule has 7 heavy (non-hydrogen) atoms. The van der Waals surface area contributed by atoms with Gasteiger partial charge in [-0.25, -0.2) is 0 Å². The molecule has 0 rings (SSSR count). The van der Waals surface area contributed by atoms with Gasteiger partial charge in [0.1, 0.15) is 0 Å². The van der Waals surface area contributed by atoms with Crippen LogP contribution in [0, 0.1) is 6.92 Å². The maximum atomic E-state index is 10.1. The Bertz CT molecular complexity index is 68.5. The smallest absolute Gasteiger partial charge is 0.217 e. The summed E-state index contributed by atoms with van der Waals surface area (Å²) in [4.78, 5) is 10.1. The van der Waals surface area contributed by atoms with Crippen LogP contribution in [0.3, 0.4) is 0 Å². The van der Waals surface area contributed by atoms with Gasteiger partial charge >= 0.3 is 0 Å². The van der Waals surface area contributed by atoms with E-state index in [2.05, 4.69) is 12.2 Å². The van der Waals surface area contributed by atoms with E-state index in [-0.39, 0.29) is 11.9 Å². The fourth-order valence-electron chi connectivity index (χ4n) is 0.347. The molecule has 0 bridgehead atoms. The summed E-state index contributed by atoms with van der Waals surface area (Å²) < 4.78 is 0. The largest absolute Gasteiger partial charge is 0.354 e. The molecule has 0 aliphatic carbocycles. The van der Waals surface area contributed by atoms with Crippen LogP contribution in [0.4, 0.5) is 0 Å². The molecule has 0 aliphatic rings. The summed E-state index contributed by atoms with van der Waals surface area (Å²) in [5, 5.41) is 2.56. The molecule has 2 nitrogen and oxygen atoms in total. The van der Waals surface area contributed by atoms with Crippen molar-refractivity contribution in [3.8, 4) is 0 Å². The molecule has 0 aromatic heterocycles. The third kappa shape index (κ3) is 5.47. The first kappa shape index (κ1) is 6.47. The van der Waals surface area contributed by atoms with Gasteiger partial charge in [0.05, 0.1) is 0 Å². The number of rotatable bonds is 1. The van der Waals surface area contributed by atoms with Crippen LogP contribution in [0.25, 0.3) is 0 Å². The molecule has 0 spiro atoms. The topological polar surface area (TPSA) is 29.1 Å². The number of amides is 1. The molecule has 1 radical (unpaired) electrons. The van der Waals surface area contributed by atoms with Crippen molar-refractivity contribution in [3.63, 3.8) is 0 Å². The van der Waals surface area contributed by atoms with Crippen LogP contribution in [0.15, 0.2) is 0 Å². The van der Waals surface area contributed by atoms with Crippen molar-refractivity contribution in [2.24, 2.45) is 0 Å². The van der Waals surface area contributed by atoms with Gasteiger partial charge in [0.25, 0.3) is 0 Å². The molecule has 1 N–H and O–H groups in total. The summed E-state index contributed by atoms with van der Waals surface area (Å²) in [6.45, 7) is 6.84. The Morgan fingerprint density at radius 2 is 2.29 bits per heavy atom. The van der Waals surface area contributed by atoms with E-state index < -0.39 is 0 Å². The number of nitrogens with one attached hydrogen (secondary N) is 1. The lowest BCUT2D eigenvalue weighted by Crippen LogP contribution is -2.27. The number of carbonyl (C=O) groups excluding carboxylic acids is 1. The first-order valence-corrected chi connectivity index (χ1v) is 2.23. The highest BCUT2D eigenvalue weighted by molar-refractivity contribution is 5.73. The van der Waals surface area contributed by atoms with E-state index in [1.807, 2.05) is 6.92 Å². The zero-order valence-corrected chi connectivity index (χ0v) is 4.69. The second kappa shape index (κ2) is 2.61. The summed E-state index contributed by atoms with van der Waals surface area (Å²) in [5.41, 5.74) is 0. The minimum absolute atomic E-state index is 0.0255. The third-order valence-electron chi connectivity index (χ3n) is 0.450. The first-order chi connectivity index (χ1) is 3.13. The lowest BCUT2D eigenvalue weighted by atomic mass is 10.4. The number of hydrogen-bond acceptors (Lipinski definition) is 1. The van der Waals surface area contributed by atoms with E-state index in [1.54, 1.807) is 0 Å². The summed E-state index contributed by atoms with van der Waals surface area (Å²) in [6, 6.07) is 0.0255. The van der Waals surface area contributed by atoms with Gasteiger partial charge in [-0.2, -0.15) is 0 Å². The first-order valence-electron chi connectivity index (χ1n) is 2.23. The van der Waals surface area contributed by atoms with Crippen molar-refractivity contribution >= 4 is 5.91 Å². The van der Waals surface area contributed by atoms with Gasteiger partial charge in [0.15, 0.2) is 0 Å². The van der Waals surface area contributed by atoms with E-state index in [1.165, 1.54) is 6.92 Å². The van der Waals surface area contributed by atoms with Crippen molar-refractivity contribution in [1.82, 2.24) is 5.32 Å². The van der Waals surface area contributed by atoms with Gasteiger partial charge in [0.2, 0.25) is 5.91 Å². The van der Waals surface area contributed by atoms with Crippen LogP contribution in [0.1, 0.15) is 13.8 Å². The molecular formula is C5H10NO. The van der Waals surface area contributed by atoms with Crippen LogP contribution in [0.2, 0.25) is 0 Å². The van der Waals surface area contributed by atoms with Crippen LogP contribution >= 0.6 is 0 Å². The Kier molecular flexibility index (Phi) is 2.41. The fraction of sp³-hybridized carbons (Fsp3) is 0.600. The van der Waals surface area contributed by atoms with Gasteiger partial charge in [-0.05, 0) is 13.8 Å². The van der Waals surface area contributed by atoms with Crippen molar-refractivity contribution in [2.75, 3.05) is 0 Å². The predicted octanol–water partition coefficient (Wildman–Crippen LogP) is 0.345. The number of hydrogen-bond donors (Lipinski definition) is 1. The monoisotopic (exact) mass is 100 g/mol. The Morgan fingerprint density at radius 3 is 2.29 bits per heavy atom. The van der Waals surface area contributed by atoms with E-state index in [4.69, 9.17) is 0 Å². The highest BCUT2D eigenvalue weighted by Gasteiger charge is 1.91. The Labute approximate surface area is 43.9 Å². The predicted molar refractivity (Wildman–Crippen MR) is 28.6 cm³/mol. The molecular weight excluding hydrogens is 90.1 g/mol. The van der Waals surface area contributed by atoms with E-state index in [9.17, 15) is 4.79 Å². The molecule has 0 saturated heterocycles. The molecule has 0 aliphatic heterocycles. The van der Waals surface area contributed by atoms with Gasteiger partial charge in [-0.15, -0.1) is 0 Å². The summed E-state index contributed by atoms with van der Waals surface area (Å²) in [6.07, 6.45) is 0. The SMILES string of the molecule is [CH2]C(C)NC(C)=O. The van der Waals surface area contributed by atoms with Crippen LogP contribution < -0.4 is 5.32 Å². The van der Waals surface area contributed by atoms with E-state index in [0.29, 0.717) is 0 Å². The normalized spacial score (nSPS) is 9.14. The third-order valence-corrected chi connectivity index (χ3v) is 0.450. The zero-order valence-electron chi connectivity index (χ0n) is 4.69. The molecule has 1 amide bonds. The molecule has 1 atom stereocenters. The summed E-state index contributed by atoms with van der Waals surface area (Å²) >= 11 is 0. The average Bonchev–Trinajstić information content (AvgIpc) is 1.27. The molecule has 0 heterocycles. The van der Waals surface area contributed by atoms with Gasteiger partial charge < -0.3 is 5.32 Å². The van der Waals surface area contributed by atoms with Crippen molar-refractivity contribution in [1.29, 1.82) is 0 Å². The molecule has 2 heteroatoms. The highest BCUT2D eigenvalue weighted by atomic mass is 16.1.